The molecule has 214 valence electrons. The van der Waals surface area contributed by atoms with Gasteiger partial charge in [0.05, 0.1) is 24.6 Å². The average Bonchev–Trinajstić information content (AvgIpc) is 3.30. The van der Waals surface area contributed by atoms with Crippen LogP contribution in [-0.2, 0) is 11.8 Å². The summed E-state index contributed by atoms with van der Waals surface area (Å²) in [7, 11) is 3.31. The minimum atomic E-state index is -4.56. The molecular formula is C29H34F3N5O3. The zero-order chi connectivity index (χ0) is 29.8. The second-order valence-corrected chi connectivity index (χ2v) is 9.53. The molecule has 2 amide bonds. The number of carbonyl (C=O) groups excluding carboxylic acids is 2. The summed E-state index contributed by atoms with van der Waals surface area (Å²) in [4.78, 5) is 31.1. The molecule has 1 saturated heterocycles. The van der Waals surface area contributed by atoms with Crippen molar-refractivity contribution in [1.29, 1.82) is 5.26 Å². The van der Waals surface area contributed by atoms with Gasteiger partial charge in [0, 0.05) is 37.3 Å². The first kappa shape index (κ1) is 30.5. The third-order valence-corrected chi connectivity index (χ3v) is 7.21. The van der Waals surface area contributed by atoms with Crippen LogP contribution in [-0.4, -0.2) is 52.6 Å². The van der Waals surface area contributed by atoms with Crippen LogP contribution in [0.4, 0.5) is 18.9 Å². The highest BCUT2D eigenvalue weighted by atomic mass is 19.4. The van der Waals surface area contributed by atoms with Crippen LogP contribution in [0.15, 0.2) is 30.6 Å². The molecule has 0 spiro atoms. The molecule has 4 rings (SSSR count). The second-order valence-electron chi connectivity index (χ2n) is 9.53. The lowest BCUT2D eigenvalue weighted by Gasteiger charge is -2.34. The summed E-state index contributed by atoms with van der Waals surface area (Å²) in [5.41, 5.74) is 3.55. The van der Waals surface area contributed by atoms with E-state index in [-0.39, 0.29) is 24.6 Å². The molecule has 1 atom stereocenters. The maximum Gasteiger partial charge on any atom is 0.400 e. The number of aromatic nitrogens is 2. The number of hydrogen-bond acceptors (Lipinski definition) is 5. The molecule has 3 aromatic rings. The zero-order valence-electron chi connectivity index (χ0n) is 23.5. The van der Waals surface area contributed by atoms with Gasteiger partial charge in [-0.15, -0.1) is 0 Å². The molecule has 1 aliphatic rings. The van der Waals surface area contributed by atoms with Gasteiger partial charge in [-0.2, -0.15) is 18.4 Å². The Morgan fingerprint density at radius 2 is 1.88 bits per heavy atom. The number of hydrogen-bond donors (Lipinski definition) is 1. The highest BCUT2D eigenvalue weighted by Gasteiger charge is 2.43. The van der Waals surface area contributed by atoms with Crippen LogP contribution in [0.3, 0.4) is 0 Å². The molecule has 0 bridgehead atoms. The highest BCUT2D eigenvalue weighted by molar-refractivity contribution is 6.06. The molecule has 40 heavy (non-hydrogen) atoms. The van der Waals surface area contributed by atoms with Gasteiger partial charge in [-0.25, -0.2) is 4.98 Å². The fourth-order valence-electron chi connectivity index (χ4n) is 4.93. The van der Waals surface area contributed by atoms with E-state index in [0.29, 0.717) is 29.8 Å². The standard InChI is InChI=1S/C27H28F3N5O3.C2H6/c1-15-21(33-25(36)18-5-6-22(38-4)19(11-18)12-31)13-32-24-23(15)20(14-34(24)3)17-7-9-35(10-8-17)26(37)16(2)27(28,29)30;1-2/h5-6,11,13-14,16-17H,7-10H2,1-4H3,(H,33,36);1-2H3. The minimum absolute atomic E-state index is 0.0233. The molecule has 8 nitrogen and oxygen atoms in total. The van der Waals surface area contributed by atoms with Crippen molar-refractivity contribution in [3.63, 3.8) is 0 Å². The lowest BCUT2D eigenvalue weighted by Crippen LogP contribution is -2.44. The van der Waals surface area contributed by atoms with Crippen LogP contribution >= 0.6 is 0 Å². The van der Waals surface area contributed by atoms with Crippen molar-refractivity contribution in [3.8, 4) is 11.8 Å². The van der Waals surface area contributed by atoms with Crippen molar-refractivity contribution >= 4 is 28.5 Å². The number of piperidine rings is 1. The third kappa shape index (κ3) is 6.06. The molecule has 1 aromatic carbocycles. The molecule has 3 heterocycles. The van der Waals surface area contributed by atoms with E-state index in [1.54, 1.807) is 18.3 Å². The predicted octanol–water partition coefficient (Wildman–Crippen LogP) is 5.94. The number of carbonyl (C=O) groups is 2. The number of fused-ring (bicyclic) bond motifs is 1. The first-order valence-corrected chi connectivity index (χ1v) is 13.2. The van der Waals surface area contributed by atoms with Crippen molar-refractivity contribution in [1.82, 2.24) is 14.5 Å². The number of nitriles is 1. The van der Waals surface area contributed by atoms with E-state index in [1.807, 2.05) is 44.7 Å². The van der Waals surface area contributed by atoms with Gasteiger partial charge in [0.25, 0.3) is 5.91 Å². The largest absolute Gasteiger partial charge is 0.495 e. The normalized spacial score (nSPS) is 14.7. The van der Waals surface area contributed by atoms with Crippen LogP contribution in [0.2, 0.25) is 0 Å². The molecule has 1 N–H and O–H groups in total. The van der Waals surface area contributed by atoms with E-state index in [2.05, 4.69) is 10.3 Å². The minimum Gasteiger partial charge on any atom is -0.495 e. The Balaban J connectivity index is 0.00000216. The lowest BCUT2D eigenvalue weighted by molar-refractivity contribution is -0.186. The van der Waals surface area contributed by atoms with Crippen molar-refractivity contribution < 1.29 is 27.5 Å². The number of anilines is 1. The van der Waals surface area contributed by atoms with Crippen molar-refractivity contribution in [2.75, 3.05) is 25.5 Å². The van der Waals surface area contributed by atoms with Gasteiger partial charge in [0.1, 0.15) is 23.4 Å². The topological polar surface area (TPSA) is 100 Å². The fourth-order valence-corrected chi connectivity index (χ4v) is 4.93. The number of likely N-dealkylation sites (tertiary alicyclic amines) is 1. The molecular weight excluding hydrogens is 523 g/mol. The summed E-state index contributed by atoms with van der Waals surface area (Å²) in [6.45, 7) is 7.25. The van der Waals surface area contributed by atoms with Gasteiger partial charge >= 0.3 is 6.18 Å². The first-order valence-electron chi connectivity index (χ1n) is 13.2. The number of alkyl halides is 3. The molecule has 0 aliphatic carbocycles. The summed E-state index contributed by atoms with van der Waals surface area (Å²) in [5, 5.41) is 13.1. The quantitative estimate of drug-likeness (QED) is 0.418. The Morgan fingerprint density at radius 3 is 2.45 bits per heavy atom. The maximum atomic E-state index is 13.0. The number of nitrogens with zero attached hydrogens (tertiary/aromatic N) is 4. The average molecular weight is 558 g/mol. The van der Waals surface area contributed by atoms with Gasteiger partial charge in [0.15, 0.2) is 0 Å². The number of ether oxygens (including phenoxy) is 1. The van der Waals surface area contributed by atoms with E-state index in [1.165, 1.54) is 18.1 Å². The molecule has 0 radical (unpaired) electrons. The number of amides is 2. The molecule has 1 unspecified atom stereocenters. The van der Waals surface area contributed by atoms with Crippen LogP contribution in [0.1, 0.15) is 66.6 Å². The number of methoxy groups -OCH3 is 1. The Kier molecular flexibility index (Phi) is 9.45. The van der Waals surface area contributed by atoms with Crippen LogP contribution in [0, 0.1) is 24.2 Å². The van der Waals surface area contributed by atoms with Crippen molar-refractivity contribution in [2.45, 2.75) is 52.6 Å². The van der Waals surface area contributed by atoms with E-state index >= 15 is 0 Å². The second kappa shape index (κ2) is 12.4. The van der Waals surface area contributed by atoms with Crippen molar-refractivity contribution in [3.05, 3.63) is 52.8 Å². The lowest BCUT2D eigenvalue weighted by atomic mass is 9.88. The zero-order valence-corrected chi connectivity index (χ0v) is 23.5. The van der Waals surface area contributed by atoms with E-state index in [4.69, 9.17) is 4.74 Å². The highest BCUT2D eigenvalue weighted by Crippen LogP contribution is 2.38. The summed E-state index contributed by atoms with van der Waals surface area (Å²) in [6, 6.07) is 6.59. The van der Waals surface area contributed by atoms with Crippen LogP contribution in [0.5, 0.6) is 5.75 Å². The van der Waals surface area contributed by atoms with Crippen molar-refractivity contribution in [2.24, 2.45) is 13.0 Å². The summed E-state index contributed by atoms with van der Waals surface area (Å²) >= 11 is 0. The molecule has 11 heteroatoms. The monoisotopic (exact) mass is 557 g/mol. The van der Waals surface area contributed by atoms with Gasteiger partial charge in [-0.3, -0.25) is 9.59 Å². The summed E-state index contributed by atoms with van der Waals surface area (Å²) < 4.78 is 46.1. The van der Waals surface area contributed by atoms with E-state index in [0.717, 1.165) is 29.1 Å². The number of rotatable bonds is 5. The molecule has 0 saturated carbocycles. The maximum absolute atomic E-state index is 13.0. The van der Waals surface area contributed by atoms with E-state index < -0.39 is 23.9 Å². The first-order chi connectivity index (χ1) is 19.0. The fraction of sp³-hybridized carbons (Fsp3) is 0.448. The molecule has 1 fully saturated rings. The van der Waals surface area contributed by atoms with Gasteiger partial charge in [-0.1, -0.05) is 13.8 Å². The predicted molar refractivity (Wildman–Crippen MR) is 146 cm³/mol. The smallest absolute Gasteiger partial charge is 0.400 e. The van der Waals surface area contributed by atoms with E-state index in [9.17, 15) is 28.0 Å². The van der Waals surface area contributed by atoms with Crippen LogP contribution < -0.4 is 10.1 Å². The third-order valence-electron chi connectivity index (χ3n) is 7.21. The Labute approximate surface area is 231 Å². The van der Waals surface area contributed by atoms with Gasteiger partial charge < -0.3 is 19.5 Å². The number of halogens is 3. The molecule has 1 aliphatic heterocycles. The number of pyridine rings is 1. The SMILES string of the molecule is CC.COc1ccc(C(=O)Nc2cnc3c(c(C4CCN(C(=O)C(C)C(F)(F)F)CC4)cn3C)c2C)cc1C#N. The van der Waals surface area contributed by atoms with Gasteiger partial charge in [0.2, 0.25) is 5.91 Å². The Bertz CT molecular complexity index is 1430. The number of nitrogens with one attached hydrogen (secondary N) is 1. The Morgan fingerprint density at radius 1 is 1.23 bits per heavy atom. The van der Waals surface area contributed by atoms with Crippen LogP contribution in [0.25, 0.3) is 11.0 Å². The summed E-state index contributed by atoms with van der Waals surface area (Å²) in [6.07, 6.45) is 0.0188. The number of benzene rings is 1. The number of aryl methyl sites for hydroxylation is 2. The van der Waals surface area contributed by atoms with Gasteiger partial charge in [-0.05, 0) is 61.9 Å². The Hall–Kier alpha value is -4.07. The molecule has 2 aromatic heterocycles. The summed E-state index contributed by atoms with van der Waals surface area (Å²) in [5.74, 6) is -2.93.